The summed E-state index contributed by atoms with van der Waals surface area (Å²) in [5.74, 6) is -2.24. The van der Waals surface area contributed by atoms with Gasteiger partial charge in [-0.15, -0.1) is 0 Å². The number of anilines is 2. The zero-order valence-electron chi connectivity index (χ0n) is 16.2. The number of ether oxygens (including phenoxy) is 1. The molecule has 6 nitrogen and oxygen atoms in total. The fourth-order valence-corrected chi connectivity index (χ4v) is 3.61. The topological polar surface area (TPSA) is 87.2 Å². The maximum atomic E-state index is 13.7. The lowest BCUT2D eigenvalue weighted by Crippen LogP contribution is -2.31. The second kappa shape index (κ2) is 8.66. The number of carbonyl (C=O) groups excluding carboxylic acids is 1. The lowest BCUT2D eigenvalue weighted by atomic mass is 10.0. The van der Waals surface area contributed by atoms with Crippen molar-refractivity contribution < 1.29 is 32.2 Å². The number of rotatable bonds is 6. The van der Waals surface area contributed by atoms with E-state index in [1.807, 2.05) is 0 Å². The first kappa shape index (κ1) is 22.7. The summed E-state index contributed by atoms with van der Waals surface area (Å²) in [7, 11) is 0. The lowest BCUT2D eigenvalue weighted by molar-refractivity contribution is -0.304. The molecule has 1 heterocycles. The maximum absolute atomic E-state index is 13.7. The summed E-state index contributed by atoms with van der Waals surface area (Å²) in [4.78, 5) is 19.4. The molecule has 11 heteroatoms. The number of aromatic nitrogens is 2. The van der Waals surface area contributed by atoms with Crippen LogP contribution in [0.3, 0.4) is 0 Å². The second-order valence-corrected chi connectivity index (χ2v) is 7.55. The highest BCUT2D eigenvalue weighted by atomic mass is 79.9. The van der Waals surface area contributed by atoms with Gasteiger partial charge in [0, 0.05) is 28.3 Å². The molecular formula is C20H15BrF4N3O3-. The molecule has 31 heavy (non-hydrogen) atoms. The van der Waals surface area contributed by atoms with Gasteiger partial charge in [0.15, 0.2) is 6.10 Å². The van der Waals surface area contributed by atoms with E-state index in [0.29, 0.717) is 26.5 Å². The Morgan fingerprint density at radius 2 is 2.00 bits per heavy atom. The van der Waals surface area contributed by atoms with Gasteiger partial charge in [0.1, 0.15) is 23.7 Å². The van der Waals surface area contributed by atoms with Gasteiger partial charge in [-0.25, -0.2) is 14.4 Å². The molecule has 0 aliphatic heterocycles. The molecule has 1 aromatic heterocycles. The summed E-state index contributed by atoms with van der Waals surface area (Å²) in [5.41, 5.74) is 1.47. The van der Waals surface area contributed by atoms with E-state index in [-0.39, 0.29) is 23.7 Å². The number of benzene rings is 2. The number of aryl methyl sites for hydroxylation is 1. The summed E-state index contributed by atoms with van der Waals surface area (Å²) in [6.45, 7) is 2.47. The summed E-state index contributed by atoms with van der Waals surface area (Å²) < 4.78 is 57.9. The van der Waals surface area contributed by atoms with Gasteiger partial charge in [-0.2, -0.15) is 13.2 Å². The normalized spacial score (nSPS) is 12.6. The molecule has 0 amide bonds. The second-order valence-electron chi connectivity index (χ2n) is 6.69. The Morgan fingerprint density at radius 1 is 1.29 bits per heavy atom. The average Bonchev–Trinajstić information content (AvgIpc) is 2.66. The van der Waals surface area contributed by atoms with E-state index >= 15 is 0 Å². The van der Waals surface area contributed by atoms with Gasteiger partial charge in [-0.1, -0.05) is 15.9 Å². The van der Waals surface area contributed by atoms with Gasteiger partial charge in [-0.3, -0.25) is 0 Å². The molecule has 0 aliphatic carbocycles. The summed E-state index contributed by atoms with van der Waals surface area (Å²) >= 11 is 3.31. The third-order valence-electron chi connectivity index (χ3n) is 4.54. The minimum Gasteiger partial charge on any atom is -0.550 e. The number of hydrogen-bond donors (Lipinski definition) is 1. The monoisotopic (exact) mass is 500 g/mol. The largest absolute Gasteiger partial charge is 0.550 e. The van der Waals surface area contributed by atoms with Gasteiger partial charge >= 0.3 is 6.18 Å². The van der Waals surface area contributed by atoms with Crippen molar-refractivity contribution in [2.75, 3.05) is 5.32 Å². The first-order valence-electron chi connectivity index (χ1n) is 8.90. The molecule has 3 rings (SSSR count). The molecule has 0 radical (unpaired) electrons. The third-order valence-corrected chi connectivity index (χ3v) is 5.25. The molecule has 1 atom stereocenters. The Bertz CT molecular complexity index is 1150. The van der Waals surface area contributed by atoms with Crippen molar-refractivity contribution in [2.24, 2.45) is 0 Å². The van der Waals surface area contributed by atoms with Crippen molar-refractivity contribution in [2.45, 2.75) is 32.5 Å². The van der Waals surface area contributed by atoms with Crippen LogP contribution in [-0.4, -0.2) is 28.2 Å². The highest BCUT2D eigenvalue weighted by Crippen LogP contribution is 2.36. The molecule has 0 bridgehead atoms. The van der Waals surface area contributed by atoms with Crippen LogP contribution in [0.25, 0.3) is 10.9 Å². The Hall–Kier alpha value is -2.95. The Balaban J connectivity index is 2.09. The Labute approximate surface area is 182 Å². The minimum absolute atomic E-state index is 0.0428. The summed E-state index contributed by atoms with van der Waals surface area (Å²) in [6.07, 6.45) is -5.96. The van der Waals surface area contributed by atoms with Crippen LogP contribution in [0.15, 0.2) is 35.1 Å². The number of fused-ring (bicyclic) bond motifs is 1. The molecule has 0 unspecified atom stereocenters. The zero-order chi connectivity index (χ0) is 22.9. The standard InChI is InChI=1S/C20H16BrF4N3O3/c1-9-12(6-17(29)30)13(21)7-15-18(9)19(27-8-26-15)28-14-4-3-11(22)5-16(14)31-10(2)20(23,24)25/h3-5,7-8,10H,6H2,1-2H3,(H,29,30)(H,26,27,28)/p-1/t10-/m1/s1. The van der Waals surface area contributed by atoms with E-state index in [1.165, 1.54) is 12.4 Å². The van der Waals surface area contributed by atoms with Crippen molar-refractivity contribution in [1.82, 2.24) is 9.97 Å². The van der Waals surface area contributed by atoms with E-state index in [1.54, 1.807) is 13.0 Å². The van der Waals surface area contributed by atoms with Crippen LogP contribution in [0.1, 0.15) is 18.1 Å². The van der Waals surface area contributed by atoms with Crippen LogP contribution >= 0.6 is 15.9 Å². The Kier molecular flexibility index (Phi) is 6.35. The summed E-state index contributed by atoms with van der Waals surface area (Å²) in [5, 5.41) is 14.4. The van der Waals surface area contributed by atoms with Crippen molar-refractivity contribution in [1.29, 1.82) is 0 Å². The smallest absolute Gasteiger partial charge is 0.425 e. The number of alkyl halides is 3. The van der Waals surface area contributed by atoms with Crippen LogP contribution in [-0.2, 0) is 11.2 Å². The first-order valence-corrected chi connectivity index (χ1v) is 9.69. The SMILES string of the molecule is Cc1c(CC(=O)[O-])c(Br)cc2ncnc(Nc3ccc(F)cc3O[C@H](C)C(F)(F)F)c12. The number of aliphatic carboxylic acids is 1. The molecule has 0 spiro atoms. The molecule has 1 N–H and O–H groups in total. The van der Waals surface area contributed by atoms with E-state index < -0.39 is 24.1 Å². The van der Waals surface area contributed by atoms with Gasteiger partial charge in [0.2, 0.25) is 0 Å². The van der Waals surface area contributed by atoms with Crippen LogP contribution in [0.4, 0.5) is 29.1 Å². The maximum Gasteiger partial charge on any atom is 0.425 e. The molecule has 3 aromatic rings. The zero-order valence-corrected chi connectivity index (χ0v) is 17.8. The molecule has 0 fully saturated rings. The quantitative estimate of drug-likeness (QED) is 0.510. The minimum atomic E-state index is -4.65. The number of carboxylic acid groups (broad SMARTS) is 1. The van der Waals surface area contributed by atoms with Crippen LogP contribution < -0.4 is 15.2 Å². The fraction of sp³-hybridized carbons (Fsp3) is 0.250. The molecular weight excluding hydrogens is 486 g/mol. The van der Waals surface area contributed by atoms with Crippen molar-refractivity contribution >= 4 is 44.3 Å². The average molecular weight is 501 g/mol. The predicted octanol–water partition coefficient (Wildman–Crippen LogP) is 4.21. The molecule has 164 valence electrons. The number of nitrogens with one attached hydrogen (secondary N) is 1. The van der Waals surface area contributed by atoms with Gasteiger partial charge in [0.05, 0.1) is 11.2 Å². The van der Waals surface area contributed by atoms with Crippen LogP contribution in [0, 0.1) is 12.7 Å². The van der Waals surface area contributed by atoms with Crippen molar-refractivity contribution in [3.8, 4) is 5.75 Å². The van der Waals surface area contributed by atoms with Crippen LogP contribution in [0.5, 0.6) is 5.75 Å². The van der Waals surface area contributed by atoms with Gasteiger partial charge in [0.25, 0.3) is 0 Å². The van der Waals surface area contributed by atoms with E-state index in [4.69, 9.17) is 4.74 Å². The third kappa shape index (κ3) is 5.04. The number of hydrogen-bond acceptors (Lipinski definition) is 6. The lowest BCUT2D eigenvalue weighted by Gasteiger charge is -2.21. The van der Waals surface area contributed by atoms with E-state index in [0.717, 1.165) is 19.1 Å². The highest BCUT2D eigenvalue weighted by Gasteiger charge is 2.38. The Morgan fingerprint density at radius 3 is 2.65 bits per heavy atom. The van der Waals surface area contributed by atoms with Crippen LogP contribution in [0.2, 0.25) is 0 Å². The predicted molar refractivity (Wildman–Crippen MR) is 107 cm³/mol. The number of carbonyl (C=O) groups is 1. The summed E-state index contributed by atoms with van der Waals surface area (Å²) in [6, 6.07) is 4.71. The van der Waals surface area contributed by atoms with E-state index in [9.17, 15) is 27.5 Å². The number of halogens is 5. The molecule has 0 saturated carbocycles. The molecule has 0 aliphatic rings. The van der Waals surface area contributed by atoms with Gasteiger partial charge < -0.3 is 20.0 Å². The van der Waals surface area contributed by atoms with Crippen molar-refractivity contribution in [3.63, 3.8) is 0 Å². The van der Waals surface area contributed by atoms with Crippen molar-refractivity contribution in [3.05, 3.63) is 52.0 Å². The van der Waals surface area contributed by atoms with Gasteiger partial charge in [-0.05, 0) is 43.2 Å². The number of carboxylic acids is 1. The number of nitrogens with zero attached hydrogens (tertiary/aromatic N) is 2. The first-order chi connectivity index (χ1) is 14.5. The fourth-order valence-electron chi connectivity index (χ4n) is 2.95. The van der Waals surface area contributed by atoms with E-state index in [2.05, 4.69) is 31.2 Å². The molecule has 2 aromatic carbocycles. The molecule has 0 saturated heterocycles. The highest BCUT2D eigenvalue weighted by molar-refractivity contribution is 9.10.